The van der Waals surface area contributed by atoms with E-state index in [0.29, 0.717) is 6.54 Å². The molecule has 130 valence electrons. The van der Waals surface area contributed by atoms with Gasteiger partial charge in [-0.15, -0.1) is 0 Å². The van der Waals surface area contributed by atoms with E-state index in [1.165, 1.54) is 24.3 Å². The molecule has 2 aliphatic rings. The smallest absolute Gasteiger partial charge is 0.266 e. The van der Waals surface area contributed by atoms with Gasteiger partial charge in [0.25, 0.3) is 11.8 Å². The van der Waals surface area contributed by atoms with Crippen molar-refractivity contribution in [2.45, 2.75) is 18.8 Å². The Hall–Kier alpha value is -2.25. The van der Waals surface area contributed by atoms with Gasteiger partial charge in [0.05, 0.1) is 12.0 Å². The van der Waals surface area contributed by atoms with Crippen LogP contribution in [-0.4, -0.2) is 48.9 Å². The van der Waals surface area contributed by atoms with Crippen LogP contribution in [0.1, 0.15) is 12.8 Å². The minimum Gasteiger partial charge on any atom is -0.484 e. The molecule has 0 saturated carbocycles. The van der Waals surface area contributed by atoms with Crippen molar-refractivity contribution in [3.05, 3.63) is 30.1 Å². The van der Waals surface area contributed by atoms with Crippen molar-refractivity contribution in [1.82, 2.24) is 10.2 Å². The number of benzene rings is 1. The van der Waals surface area contributed by atoms with E-state index in [1.54, 1.807) is 0 Å². The van der Waals surface area contributed by atoms with Crippen LogP contribution in [0.25, 0.3) is 0 Å². The monoisotopic (exact) mass is 342 g/mol. The number of amides is 2. The first kappa shape index (κ1) is 16.6. The molecule has 2 amide bonds. The molecule has 2 heterocycles. The molecule has 8 heteroatoms. The molecule has 0 unspecified atom stereocenters. The Labute approximate surface area is 136 Å². The van der Waals surface area contributed by atoms with E-state index >= 15 is 0 Å². The van der Waals surface area contributed by atoms with Crippen LogP contribution >= 0.6 is 0 Å². The lowest BCUT2D eigenvalue weighted by Crippen LogP contribution is -2.57. The first-order valence-corrected chi connectivity index (χ1v) is 7.62. The van der Waals surface area contributed by atoms with Gasteiger partial charge in [-0.25, -0.2) is 13.2 Å². The molecule has 0 aromatic heterocycles. The topological polar surface area (TPSA) is 58.6 Å². The lowest BCUT2D eigenvalue weighted by atomic mass is 9.77. The third-order valence-electron chi connectivity index (χ3n) is 4.41. The van der Waals surface area contributed by atoms with Crippen LogP contribution < -0.4 is 10.1 Å². The summed E-state index contributed by atoms with van der Waals surface area (Å²) in [5.74, 6) is -4.36. The zero-order valence-electron chi connectivity index (χ0n) is 12.9. The third-order valence-corrected chi connectivity index (χ3v) is 4.41. The molecule has 1 spiro atoms. The maximum absolute atomic E-state index is 14.0. The second-order valence-electron chi connectivity index (χ2n) is 6.31. The summed E-state index contributed by atoms with van der Waals surface area (Å²) in [6.07, 6.45) is -0.265. The second-order valence-corrected chi connectivity index (χ2v) is 6.31. The molecule has 2 saturated heterocycles. The van der Waals surface area contributed by atoms with Gasteiger partial charge in [0.2, 0.25) is 5.91 Å². The standard InChI is InChI=1S/C16H17F3N2O3/c17-11-1-3-12(4-2-11)24-7-13(22)21-9-15(5-6-20-14(15)23)8-16(18,19)10-21/h1-4H,5-10H2,(H,20,23)/t15-/m1/s1. The van der Waals surface area contributed by atoms with Crippen molar-refractivity contribution in [1.29, 1.82) is 0 Å². The Kier molecular flexibility index (Phi) is 4.15. The number of nitrogens with one attached hydrogen (secondary N) is 1. The minimum absolute atomic E-state index is 0.0416. The summed E-state index contributed by atoms with van der Waals surface area (Å²) in [7, 11) is 0. The quantitative estimate of drug-likeness (QED) is 0.907. The number of nitrogens with zero attached hydrogens (tertiary/aromatic N) is 1. The highest BCUT2D eigenvalue weighted by atomic mass is 19.3. The highest BCUT2D eigenvalue weighted by Crippen LogP contribution is 2.43. The maximum atomic E-state index is 14.0. The van der Waals surface area contributed by atoms with Crippen molar-refractivity contribution >= 4 is 11.8 Å². The van der Waals surface area contributed by atoms with E-state index in [2.05, 4.69) is 5.32 Å². The molecule has 2 aliphatic heterocycles. The second kappa shape index (κ2) is 5.99. The molecule has 1 aromatic carbocycles. The molecule has 5 nitrogen and oxygen atoms in total. The van der Waals surface area contributed by atoms with Crippen molar-refractivity contribution in [2.75, 3.05) is 26.2 Å². The third kappa shape index (κ3) is 3.32. The van der Waals surface area contributed by atoms with Crippen LogP contribution in [0.3, 0.4) is 0 Å². The van der Waals surface area contributed by atoms with Crippen molar-refractivity contribution < 1.29 is 27.5 Å². The zero-order valence-corrected chi connectivity index (χ0v) is 12.9. The van der Waals surface area contributed by atoms with Crippen LogP contribution in [0.2, 0.25) is 0 Å². The summed E-state index contributed by atoms with van der Waals surface area (Å²) < 4.78 is 46.1. The molecule has 0 bridgehead atoms. The predicted octanol–water partition coefficient (Wildman–Crippen LogP) is 1.58. The summed E-state index contributed by atoms with van der Waals surface area (Å²) >= 11 is 0. The summed E-state index contributed by atoms with van der Waals surface area (Å²) in [6.45, 7) is -0.879. The lowest BCUT2D eigenvalue weighted by Gasteiger charge is -2.42. The van der Waals surface area contributed by atoms with Gasteiger partial charge in [0, 0.05) is 19.5 Å². The summed E-state index contributed by atoms with van der Waals surface area (Å²) in [4.78, 5) is 25.2. The average molecular weight is 342 g/mol. The van der Waals surface area contributed by atoms with Gasteiger partial charge in [0.1, 0.15) is 11.6 Å². The van der Waals surface area contributed by atoms with Crippen LogP contribution in [0.4, 0.5) is 13.2 Å². The SMILES string of the molecule is O=C(COc1ccc(F)cc1)N1CC(F)(F)C[C@]2(CCNC2=O)C1. The highest BCUT2D eigenvalue weighted by molar-refractivity contribution is 5.86. The van der Waals surface area contributed by atoms with Gasteiger partial charge in [-0.1, -0.05) is 0 Å². The Morgan fingerprint density at radius 1 is 1.25 bits per heavy atom. The largest absolute Gasteiger partial charge is 0.484 e. The molecular formula is C16H17F3N2O3. The Morgan fingerprint density at radius 3 is 2.58 bits per heavy atom. The van der Waals surface area contributed by atoms with E-state index in [9.17, 15) is 22.8 Å². The van der Waals surface area contributed by atoms with Crippen molar-refractivity contribution in [2.24, 2.45) is 5.41 Å². The normalized spacial score (nSPS) is 25.6. The molecule has 1 N–H and O–H groups in total. The zero-order chi connectivity index (χ0) is 17.4. The number of piperidine rings is 1. The molecule has 1 aromatic rings. The Balaban J connectivity index is 1.67. The average Bonchev–Trinajstić information content (AvgIpc) is 2.84. The molecule has 1 atom stereocenters. The number of carbonyl (C=O) groups is 2. The fourth-order valence-electron chi connectivity index (χ4n) is 3.29. The number of halogens is 3. The number of ether oxygens (including phenoxy) is 1. The van der Waals surface area contributed by atoms with E-state index < -0.39 is 48.5 Å². The summed E-state index contributed by atoms with van der Waals surface area (Å²) in [6, 6.07) is 5.04. The van der Waals surface area contributed by atoms with Gasteiger partial charge < -0.3 is 15.0 Å². The first-order valence-electron chi connectivity index (χ1n) is 7.62. The van der Waals surface area contributed by atoms with E-state index in [4.69, 9.17) is 4.74 Å². The molecule has 0 aliphatic carbocycles. The summed E-state index contributed by atoms with van der Waals surface area (Å²) in [5.41, 5.74) is -1.23. The molecule has 3 rings (SSSR count). The number of rotatable bonds is 3. The van der Waals surface area contributed by atoms with Crippen LogP contribution in [0.5, 0.6) is 5.75 Å². The number of carbonyl (C=O) groups excluding carboxylic acids is 2. The van der Waals surface area contributed by atoms with Crippen LogP contribution in [0.15, 0.2) is 24.3 Å². The number of alkyl halides is 2. The fourth-order valence-corrected chi connectivity index (χ4v) is 3.29. The van der Waals surface area contributed by atoms with E-state index in [0.717, 1.165) is 4.90 Å². The van der Waals surface area contributed by atoms with Crippen molar-refractivity contribution in [3.8, 4) is 5.75 Å². The Morgan fingerprint density at radius 2 is 1.96 bits per heavy atom. The highest BCUT2D eigenvalue weighted by Gasteiger charge is 2.55. The predicted molar refractivity (Wildman–Crippen MR) is 78.1 cm³/mol. The van der Waals surface area contributed by atoms with Gasteiger partial charge >= 0.3 is 0 Å². The van der Waals surface area contributed by atoms with Crippen LogP contribution in [-0.2, 0) is 9.59 Å². The van der Waals surface area contributed by atoms with Gasteiger partial charge in [-0.3, -0.25) is 9.59 Å². The van der Waals surface area contributed by atoms with Gasteiger partial charge in [0.15, 0.2) is 6.61 Å². The number of hydrogen-bond donors (Lipinski definition) is 1. The molecular weight excluding hydrogens is 325 g/mol. The fraction of sp³-hybridized carbons (Fsp3) is 0.500. The number of hydrogen-bond acceptors (Lipinski definition) is 3. The lowest BCUT2D eigenvalue weighted by molar-refractivity contribution is -0.161. The summed E-state index contributed by atoms with van der Waals surface area (Å²) in [5, 5.41) is 2.56. The van der Waals surface area contributed by atoms with Gasteiger partial charge in [-0.05, 0) is 30.7 Å². The first-order chi connectivity index (χ1) is 11.3. The van der Waals surface area contributed by atoms with E-state index in [1.807, 2.05) is 0 Å². The molecule has 2 fully saturated rings. The maximum Gasteiger partial charge on any atom is 0.266 e. The Bertz CT molecular complexity index is 650. The van der Waals surface area contributed by atoms with Crippen molar-refractivity contribution in [3.63, 3.8) is 0 Å². The minimum atomic E-state index is -3.12. The van der Waals surface area contributed by atoms with Crippen LogP contribution in [0, 0.1) is 11.2 Å². The van der Waals surface area contributed by atoms with Gasteiger partial charge in [-0.2, -0.15) is 0 Å². The molecule has 24 heavy (non-hydrogen) atoms. The molecule has 0 radical (unpaired) electrons. The van der Waals surface area contributed by atoms with E-state index in [-0.39, 0.29) is 18.7 Å². The number of likely N-dealkylation sites (tertiary alicyclic amines) is 1.